The first-order chi connectivity index (χ1) is 12.8. The summed E-state index contributed by atoms with van der Waals surface area (Å²) in [6.45, 7) is 0. The molecule has 1 N–H and O–H groups in total. The molecule has 1 heterocycles. The summed E-state index contributed by atoms with van der Waals surface area (Å²) in [5, 5.41) is 5.01. The number of rotatable bonds is 4. The highest BCUT2D eigenvalue weighted by Crippen LogP contribution is 2.67. The number of para-hydroxylation sites is 1. The van der Waals surface area contributed by atoms with Crippen molar-refractivity contribution in [3.8, 4) is 0 Å². The maximum Gasteiger partial charge on any atom is 0.231 e. The predicted octanol–water partition coefficient (Wildman–Crippen LogP) is 5.91. The molecule has 0 aromatic heterocycles. The largest absolute Gasteiger partial charge is 0.317 e. The monoisotopic (exact) mass is 376 g/mol. The first-order valence-electron chi connectivity index (χ1n) is 9.12. The van der Waals surface area contributed by atoms with Crippen LogP contribution in [0.25, 0.3) is 0 Å². The second kappa shape index (κ2) is 7.70. The highest BCUT2D eigenvalue weighted by molar-refractivity contribution is 8.10. The molecule has 3 heteroatoms. The van der Waals surface area contributed by atoms with Gasteiger partial charge in [-0.25, -0.2) is 0 Å². The van der Waals surface area contributed by atoms with Gasteiger partial charge in [-0.2, -0.15) is 0 Å². The fourth-order valence-electron chi connectivity index (χ4n) is 3.93. The average molecular weight is 376 g/mol. The van der Waals surface area contributed by atoms with E-state index in [0.717, 1.165) is 10.4 Å². The molecule has 130 valence electrons. The number of hydrogen-bond donors (Lipinski definition) is 1. The molecule has 0 aliphatic carbocycles. The topological polar surface area (TPSA) is 12.0 Å². The van der Waals surface area contributed by atoms with E-state index in [4.69, 9.17) is 12.2 Å². The summed E-state index contributed by atoms with van der Waals surface area (Å²) in [5.74, 6) is 0.597. The van der Waals surface area contributed by atoms with Crippen LogP contribution in [0.4, 0.5) is 5.69 Å². The zero-order valence-corrected chi connectivity index (χ0v) is 16.4. The third-order valence-electron chi connectivity index (χ3n) is 5.33. The zero-order chi connectivity index (χ0) is 17.8. The fraction of sp³-hybridized carbons (Fsp3) is 0.174. The number of nitrogens with one attached hydrogen (secondary N) is 1. The van der Waals surface area contributed by atoms with Gasteiger partial charge in [-0.1, -0.05) is 66.7 Å². The lowest BCUT2D eigenvalue weighted by Gasteiger charge is -2.24. The number of anilines is 1. The Morgan fingerprint density at radius 3 is 2.04 bits per heavy atom. The summed E-state index contributed by atoms with van der Waals surface area (Å²) in [5.41, 5.74) is 2.55. The van der Waals surface area contributed by atoms with Crippen molar-refractivity contribution in [3.05, 3.63) is 96.6 Å². The zero-order valence-electron chi connectivity index (χ0n) is 14.7. The van der Waals surface area contributed by atoms with Crippen molar-refractivity contribution in [1.82, 2.24) is 0 Å². The van der Waals surface area contributed by atoms with Crippen LogP contribution in [0.1, 0.15) is 17.9 Å². The van der Waals surface area contributed by atoms with Crippen molar-refractivity contribution >= 4 is 35.2 Å². The van der Waals surface area contributed by atoms with E-state index in [1.807, 2.05) is 6.07 Å². The number of benzene rings is 3. The van der Waals surface area contributed by atoms with Gasteiger partial charge in [-0.3, -0.25) is 0 Å². The Labute approximate surface area is 161 Å². The standard InChI is InChI=1S/C23H22NPS/c26-23(24-21-12-6-2-7-13-21)25(22-14-8-3-9-15-22)17-16-20(18-25)19-10-4-1-5-11-19/h1-15,20H,16-18H2/p+1. The lowest BCUT2D eigenvalue weighted by Crippen LogP contribution is -2.25. The molecule has 1 fully saturated rings. The SMILES string of the molecule is S=C(Nc1ccccc1)[P+]1(c2ccccc2)CCC(c2ccccc2)C1. The van der Waals surface area contributed by atoms with Crippen LogP contribution in [0.5, 0.6) is 0 Å². The van der Waals surface area contributed by atoms with Gasteiger partial charge in [-0.05, 0) is 48.5 Å². The lowest BCUT2D eigenvalue weighted by molar-refractivity contribution is 0.782. The minimum absolute atomic E-state index is 0.597. The smallest absolute Gasteiger partial charge is 0.231 e. The molecule has 0 bridgehead atoms. The molecule has 0 saturated carbocycles. The van der Waals surface area contributed by atoms with Crippen molar-refractivity contribution in [3.63, 3.8) is 0 Å². The molecule has 26 heavy (non-hydrogen) atoms. The molecular weight excluding hydrogens is 353 g/mol. The van der Waals surface area contributed by atoms with Gasteiger partial charge in [0.2, 0.25) is 4.73 Å². The van der Waals surface area contributed by atoms with Crippen LogP contribution in [0.2, 0.25) is 0 Å². The molecule has 1 aliphatic heterocycles. The van der Waals surface area contributed by atoms with E-state index in [-0.39, 0.29) is 0 Å². The van der Waals surface area contributed by atoms with E-state index in [1.54, 1.807) is 0 Å². The normalized spacial score (nSPS) is 22.1. The van der Waals surface area contributed by atoms with Crippen LogP contribution in [0.3, 0.4) is 0 Å². The van der Waals surface area contributed by atoms with E-state index in [1.165, 1.54) is 29.6 Å². The van der Waals surface area contributed by atoms with E-state index in [2.05, 4.69) is 90.2 Å². The van der Waals surface area contributed by atoms with Crippen molar-refractivity contribution in [2.24, 2.45) is 0 Å². The molecule has 0 spiro atoms. The van der Waals surface area contributed by atoms with Crippen molar-refractivity contribution in [2.45, 2.75) is 12.3 Å². The molecule has 1 aliphatic rings. The number of thiocarbonyl (C=S) groups is 1. The van der Waals surface area contributed by atoms with Gasteiger partial charge in [-0.15, -0.1) is 0 Å². The Bertz CT molecular complexity index is 866. The van der Waals surface area contributed by atoms with Gasteiger partial charge in [0.25, 0.3) is 0 Å². The molecular formula is C23H23NPS+. The molecule has 1 saturated heterocycles. The van der Waals surface area contributed by atoms with Crippen molar-refractivity contribution in [1.29, 1.82) is 0 Å². The Hall–Kier alpha value is -2.02. The Kier molecular flexibility index (Phi) is 5.15. The summed E-state index contributed by atoms with van der Waals surface area (Å²) in [7, 11) is -1.56. The fourth-order valence-corrected chi connectivity index (χ4v) is 9.10. The lowest BCUT2D eigenvalue weighted by atomic mass is 9.99. The van der Waals surface area contributed by atoms with Gasteiger partial charge < -0.3 is 5.32 Å². The highest BCUT2D eigenvalue weighted by atomic mass is 32.1. The van der Waals surface area contributed by atoms with E-state index in [0.29, 0.717) is 5.92 Å². The van der Waals surface area contributed by atoms with E-state index >= 15 is 0 Å². The van der Waals surface area contributed by atoms with Gasteiger partial charge in [0.1, 0.15) is 12.6 Å². The van der Waals surface area contributed by atoms with Gasteiger partial charge in [0.05, 0.1) is 12.3 Å². The summed E-state index contributed by atoms with van der Waals surface area (Å²) < 4.78 is 1.05. The molecule has 0 amide bonds. The Balaban J connectivity index is 1.67. The minimum atomic E-state index is -1.56. The summed E-state index contributed by atoms with van der Waals surface area (Å²) >= 11 is 6.03. The second-order valence-corrected chi connectivity index (χ2v) is 11.3. The van der Waals surface area contributed by atoms with Crippen molar-refractivity contribution < 1.29 is 0 Å². The average Bonchev–Trinajstić information content (AvgIpc) is 3.17. The van der Waals surface area contributed by atoms with Crippen LogP contribution in [-0.4, -0.2) is 17.1 Å². The Morgan fingerprint density at radius 2 is 1.38 bits per heavy atom. The van der Waals surface area contributed by atoms with Crippen LogP contribution < -0.4 is 10.6 Å². The summed E-state index contributed by atoms with van der Waals surface area (Å²) in [6.07, 6.45) is 3.57. The molecule has 2 unspecified atom stereocenters. The summed E-state index contributed by atoms with van der Waals surface area (Å²) in [6, 6.07) is 32.2. The predicted molar refractivity (Wildman–Crippen MR) is 119 cm³/mol. The second-order valence-electron chi connectivity index (χ2n) is 6.90. The van der Waals surface area contributed by atoms with Crippen LogP contribution >= 0.6 is 19.5 Å². The van der Waals surface area contributed by atoms with Gasteiger partial charge in [0.15, 0.2) is 0 Å². The van der Waals surface area contributed by atoms with Crippen LogP contribution in [0, 0.1) is 0 Å². The maximum absolute atomic E-state index is 6.03. The number of hydrogen-bond acceptors (Lipinski definition) is 1. The summed E-state index contributed by atoms with van der Waals surface area (Å²) in [4.78, 5) is 0. The van der Waals surface area contributed by atoms with Crippen LogP contribution in [-0.2, 0) is 0 Å². The molecule has 3 aromatic rings. The quantitative estimate of drug-likeness (QED) is 0.448. The third kappa shape index (κ3) is 3.45. The first kappa shape index (κ1) is 17.4. The third-order valence-corrected chi connectivity index (χ3v) is 10.7. The molecule has 3 aromatic carbocycles. The van der Waals surface area contributed by atoms with E-state index < -0.39 is 7.26 Å². The minimum Gasteiger partial charge on any atom is -0.317 e. The van der Waals surface area contributed by atoms with Gasteiger partial charge >= 0.3 is 0 Å². The molecule has 0 radical (unpaired) electrons. The molecule has 2 atom stereocenters. The maximum atomic E-state index is 6.03. The first-order valence-corrected chi connectivity index (χ1v) is 11.7. The highest BCUT2D eigenvalue weighted by Gasteiger charge is 2.52. The Morgan fingerprint density at radius 1 is 0.808 bits per heavy atom. The van der Waals surface area contributed by atoms with Crippen LogP contribution in [0.15, 0.2) is 91.0 Å². The van der Waals surface area contributed by atoms with Crippen molar-refractivity contribution in [2.75, 3.05) is 17.6 Å². The van der Waals surface area contributed by atoms with E-state index in [9.17, 15) is 0 Å². The molecule has 1 nitrogen and oxygen atoms in total. The van der Waals surface area contributed by atoms with Gasteiger partial charge in [0, 0.05) is 11.6 Å². The molecule has 4 rings (SSSR count).